The van der Waals surface area contributed by atoms with Gasteiger partial charge in [0.25, 0.3) is 0 Å². The van der Waals surface area contributed by atoms with Crippen LogP contribution in [-0.2, 0) is 14.8 Å². The molecule has 2 aromatic rings. The zero-order chi connectivity index (χ0) is 19.3. The number of amides is 1. The Balaban J connectivity index is 2.20. The summed E-state index contributed by atoms with van der Waals surface area (Å²) in [6.45, 7) is 7.58. The summed E-state index contributed by atoms with van der Waals surface area (Å²) in [5, 5.41) is 2.69. The van der Waals surface area contributed by atoms with Crippen molar-refractivity contribution in [3.05, 3.63) is 53.7 Å². The Morgan fingerprint density at radius 1 is 1.08 bits per heavy atom. The van der Waals surface area contributed by atoms with E-state index in [9.17, 15) is 13.2 Å². The van der Waals surface area contributed by atoms with Gasteiger partial charge in [0.15, 0.2) is 0 Å². The molecule has 1 amide bonds. The zero-order valence-electron chi connectivity index (χ0n) is 15.5. The van der Waals surface area contributed by atoms with Crippen LogP contribution in [0.15, 0.2) is 47.4 Å². The molecule has 2 rings (SSSR count). The van der Waals surface area contributed by atoms with Crippen LogP contribution in [-0.4, -0.2) is 25.4 Å². The number of hydrogen-bond donors (Lipinski definition) is 2. The molecule has 0 aliphatic rings. The molecule has 7 heteroatoms. The van der Waals surface area contributed by atoms with E-state index in [1.807, 2.05) is 33.8 Å². The quantitative estimate of drug-likeness (QED) is 0.778. The molecule has 1 aromatic heterocycles. The highest BCUT2D eigenvalue weighted by Crippen LogP contribution is 2.15. The third kappa shape index (κ3) is 5.64. The Bertz CT molecular complexity index is 862. The topological polar surface area (TPSA) is 88.2 Å². The number of nitrogens with one attached hydrogen (secondary N) is 2. The van der Waals surface area contributed by atoms with Gasteiger partial charge in [-0.05, 0) is 50.5 Å². The molecule has 1 atom stereocenters. The largest absolute Gasteiger partial charge is 0.309 e. The van der Waals surface area contributed by atoms with Crippen LogP contribution in [0.1, 0.15) is 31.5 Å². The van der Waals surface area contributed by atoms with Crippen molar-refractivity contribution in [1.29, 1.82) is 0 Å². The molecule has 140 valence electrons. The minimum atomic E-state index is -3.80. The lowest BCUT2D eigenvalue weighted by molar-refractivity contribution is -0.118. The number of pyridine rings is 1. The first kappa shape index (κ1) is 20.1. The molecule has 0 fully saturated rings. The van der Waals surface area contributed by atoms with E-state index in [0.717, 1.165) is 11.3 Å². The minimum Gasteiger partial charge on any atom is -0.309 e. The van der Waals surface area contributed by atoms with Crippen LogP contribution in [0.5, 0.6) is 0 Å². The lowest BCUT2D eigenvalue weighted by atomic mass is 10.0. The number of carbonyl (C=O) groups excluding carboxylic acids is 1. The van der Waals surface area contributed by atoms with Crippen LogP contribution in [0.25, 0.3) is 0 Å². The highest BCUT2D eigenvalue weighted by Gasteiger charge is 2.26. The van der Waals surface area contributed by atoms with Gasteiger partial charge in [0.1, 0.15) is 11.9 Å². The molecular weight excluding hydrogens is 350 g/mol. The van der Waals surface area contributed by atoms with Crippen LogP contribution in [0, 0.1) is 19.8 Å². The van der Waals surface area contributed by atoms with Crippen molar-refractivity contribution < 1.29 is 13.2 Å². The first-order valence-corrected chi connectivity index (χ1v) is 9.99. The summed E-state index contributed by atoms with van der Waals surface area (Å²) in [6.07, 6.45) is 0.378. The summed E-state index contributed by atoms with van der Waals surface area (Å²) in [6, 6.07) is 10.9. The Labute approximate surface area is 155 Å². The van der Waals surface area contributed by atoms with Crippen LogP contribution in [0.4, 0.5) is 5.82 Å². The van der Waals surface area contributed by atoms with Gasteiger partial charge in [0.05, 0.1) is 4.90 Å². The van der Waals surface area contributed by atoms with Crippen molar-refractivity contribution in [2.75, 3.05) is 5.32 Å². The molecule has 1 heterocycles. The van der Waals surface area contributed by atoms with Gasteiger partial charge < -0.3 is 5.32 Å². The van der Waals surface area contributed by atoms with E-state index in [1.54, 1.807) is 24.3 Å². The molecule has 0 unspecified atom stereocenters. The monoisotopic (exact) mass is 375 g/mol. The Hall–Kier alpha value is -2.25. The summed E-state index contributed by atoms with van der Waals surface area (Å²) in [7, 11) is -3.80. The van der Waals surface area contributed by atoms with Gasteiger partial charge in [-0.1, -0.05) is 37.6 Å². The molecule has 0 saturated carbocycles. The molecule has 26 heavy (non-hydrogen) atoms. The molecule has 2 N–H and O–H groups in total. The predicted molar refractivity (Wildman–Crippen MR) is 102 cm³/mol. The van der Waals surface area contributed by atoms with Crippen molar-refractivity contribution in [2.24, 2.45) is 5.92 Å². The maximum absolute atomic E-state index is 12.6. The van der Waals surface area contributed by atoms with Crippen molar-refractivity contribution in [3.63, 3.8) is 0 Å². The standard InChI is InChI=1S/C19H25N3O3S/c1-13(2)12-17(19(23)21-18-7-5-6-15(4)20-18)22-26(24,25)16-10-8-14(3)9-11-16/h5-11,13,17,22H,12H2,1-4H3,(H,20,21,23)/t17-/m0/s1. The first-order chi connectivity index (χ1) is 12.2. The lowest BCUT2D eigenvalue weighted by Gasteiger charge is -2.20. The van der Waals surface area contributed by atoms with Crippen LogP contribution >= 0.6 is 0 Å². The average Bonchev–Trinajstić information content (AvgIpc) is 2.54. The second kappa shape index (κ2) is 8.42. The fourth-order valence-electron chi connectivity index (χ4n) is 2.48. The molecule has 0 aliphatic carbocycles. The molecule has 0 saturated heterocycles. The molecule has 0 aliphatic heterocycles. The second-order valence-electron chi connectivity index (χ2n) is 6.77. The third-order valence-electron chi connectivity index (χ3n) is 3.79. The number of hydrogen-bond acceptors (Lipinski definition) is 4. The van der Waals surface area contributed by atoms with Gasteiger partial charge in [0.2, 0.25) is 15.9 Å². The van der Waals surface area contributed by atoms with Crippen molar-refractivity contribution in [3.8, 4) is 0 Å². The molecule has 1 aromatic carbocycles. The van der Waals surface area contributed by atoms with E-state index in [0.29, 0.717) is 12.2 Å². The molecular formula is C19H25N3O3S. The molecule has 0 bridgehead atoms. The minimum absolute atomic E-state index is 0.136. The molecule has 6 nitrogen and oxygen atoms in total. The van der Waals surface area contributed by atoms with Gasteiger partial charge in [-0.25, -0.2) is 13.4 Å². The van der Waals surface area contributed by atoms with Crippen LogP contribution in [0.3, 0.4) is 0 Å². The number of rotatable bonds is 7. The third-order valence-corrected chi connectivity index (χ3v) is 5.28. The summed E-state index contributed by atoms with van der Waals surface area (Å²) < 4.78 is 27.8. The van der Waals surface area contributed by atoms with Crippen molar-refractivity contribution in [1.82, 2.24) is 9.71 Å². The van der Waals surface area contributed by atoms with Crippen LogP contribution < -0.4 is 10.0 Å². The number of benzene rings is 1. The van der Waals surface area contributed by atoms with Gasteiger partial charge in [0, 0.05) is 5.69 Å². The SMILES string of the molecule is Cc1ccc(S(=O)(=O)N[C@@H](CC(C)C)C(=O)Nc2cccc(C)n2)cc1. The fourth-order valence-corrected chi connectivity index (χ4v) is 3.69. The van der Waals surface area contributed by atoms with Crippen molar-refractivity contribution in [2.45, 2.75) is 45.1 Å². The zero-order valence-corrected chi connectivity index (χ0v) is 16.3. The van der Waals surface area contributed by atoms with Gasteiger partial charge in [-0.15, -0.1) is 0 Å². The normalized spacial score (nSPS) is 12.8. The highest BCUT2D eigenvalue weighted by atomic mass is 32.2. The number of sulfonamides is 1. The summed E-state index contributed by atoms with van der Waals surface area (Å²) in [5.41, 5.74) is 1.73. The Morgan fingerprint density at radius 2 is 1.73 bits per heavy atom. The van der Waals surface area contributed by atoms with Crippen LogP contribution in [0.2, 0.25) is 0 Å². The second-order valence-corrected chi connectivity index (χ2v) is 8.48. The Kier molecular flexibility index (Phi) is 6.50. The van der Waals surface area contributed by atoms with Gasteiger partial charge >= 0.3 is 0 Å². The maximum Gasteiger partial charge on any atom is 0.243 e. The summed E-state index contributed by atoms with van der Waals surface area (Å²) in [4.78, 5) is 17.0. The number of anilines is 1. The number of aromatic nitrogens is 1. The smallest absolute Gasteiger partial charge is 0.243 e. The van der Waals surface area contributed by atoms with Crippen molar-refractivity contribution >= 4 is 21.7 Å². The Morgan fingerprint density at radius 3 is 2.31 bits per heavy atom. The molecule has 0 radical (unpaired) electrons. The lowest BCUT2D eigenvalue weighted by Crippen LogP contribution is -2.44. The summed E-state index contributed by atoms with van der Waals surface area (Å²) in [5.74, 6) is 0.114. The predicted octanol–water partition coefficient (Wildman–Crippen LogP) is 3.03. The van der Waals surface area contributed by atoms with E-state index in [1.165, 1.54) is 12.1 Å². The average molecular weight is 375 g/mol. The number of nitrogens with zero attached hydrogens (tertiary/aromatic N) is 1. The number of carbonyl (C=O) groups is 1. The first-order valence-electron chi connectivity index (χ1n) is 8.51. The van der Waals surface area contributed by atoms with Gasteiger partial charge in [-0.3, -0.25) is 4.79 Å². The summed E-state index contributed by atoms with van der Waals surface area (Å²) >= 11 is 0. The van der Waals surface area contributed by atoms with E-state index in [-0.39, 0.29) is 10.8 Å². The van der Waals surface area contributed by atoms with Gasteiger partial charge in [-0.2, -0.15) is 4.72 Å². The fraction of sp³-hybridized carbons (Fsp3) is 0.368. The van der Waals surface area contributed by atoms with E-state index < -0.39 is 22.0 Å². The molecule has 0 spiro atoms. The number of aryl methyl sites for hydroxylation is 2. The maximum atomic E-state index is 12.6. The van der Waals surface area contributed by atoms with E-state index in [4.69, 9.17) is 0 Å². The highest BCUT2D eigenvalue weighted by molar-refractivity contribution is 7.89. The van der Waals surface area contributed by atoms with E-state index >= 15 is 0 Å². The van der Waals surface area contributed by atoms with E-state index in [2.05, 4.69) is 15.0 Å².